The molecule has 0 spiro atoms. The molecule has 0 heterocycles. The van der Waals surface area contributed by atoms with Crippen LogP contribution in [0.15, 0.2) is 24.2 Å². The van der Waals surface area contributed by atoms with Crippen LogP contribution in [0.2, 0.25) is 0 Å². The van der Waals surface area contributed by atoms with Gasteiger partial charge in [0.15, 0.2) is 0 Å². The first-order valence-electron chi connectivity index (χ1n) is 4.60. The molecular formula is C11H15FO2. The fourth-order valence-corrected chi connectivity index (χ4v) is 1.41. The van der Waals surface area contributed by atoms with Crippen LogP contribution in [-0.4, -0.2) is 6.47 Å². The van der Waals surface area contributed by atoms with Crippen molar-refractivity contribution in [1.29, 1.82) is 0 Å². The van der Waals surface area contributed by atoms with Crippen molar-refractivity contribution in [1.82, 2.24) is 0 Å². The molecule has 0 aromatic heterocycles. The summed E-state index contributed by atoms with van der Waals surface area (Å²) in [5, 5.41) is 0. The van der Waals surface area contributed by atoms with Gasteiger partial charge in [-0.3, -0.25) is 4.79 Å². The topological polar surface area (TPSA) is 26.3 Å². The van der Waals surface area contributed by atoms with Crippen molar-refractivity contribution in [3.05, 3.63) is 24.2 Å². The van der Waals surface area contributed by atoms with E-state index in [2.05, 4.69) is 25.2 Å². The molecule has 78 valence electrons. The van der Waals surface area contributed by atoms with Gasteiger partial charge in [-0.05, 0) is 23.8 Å². The maximum absolute atomic E-state index is 12.5. The van der Waals surface area contributed by atoms with E-state index in [-0.39, 0.29) is 11.8 Å². The zero-order valence-electron chi connectivity index (χ0n) is 8.55. The summed E-state index contributed by atoms with van der Waals surface area (Å²) in [5.74, 6) is 0.261. The molecule has 0 N–H and O–H groups in total. The fourth-order valence-electron chi connectivity index (χ4n) is 1.41. The standard InChI is InChI=1S/C11H15FO2/c1-8(12)4-10(14-7-13)5-9-6-11(9,2)3/h5,7,9H,1,4,6H2,2-3H3. The Balaban J connectivity index is 2.58. The van der Waals surface area contributed by atoms with E-state index in [4.69, 9.17) is 0 Å². The van der Waals surface area contributed by atoms with Crippen molar-refractivity contribution in [2.45, 2.75) is 26.7 Å². The molecule has 0 aliphatic heterocycles. The number of carbonyl (C=O) groups is 1. The maximum Gasteiger partial charge on any atom is 0.298 e. The predicted octanol–water partition coefficient (Wildman–Crippen LogP) is 2.96. The summed E-state index contributed by atoms with van der Waals surface area (Å²) in [7, 11) is 0. The van der Waals surface area contributed by atoms with Crippen molar-refractivity contribution < 1.29 is 13.9 Å². The molecule has 1 saturated carbocycles. The summed E-state index contributed by atoms with van der Waals surface area (Å²) >= 11 is 0. The van der Waals surface area contributed by atoms with E-state index in [0.29, 0.717) is 18.1 Å². The van der Waals surface area contributed by atoms with Crippen LogP contribution in [0.1, 0.15) is 26.7 Å². The molecule has 0 radical (unpaired) electrons. The highest BCUT2D eigenvalue weighted by molar-refractivity contribution is 5.40. The highest BCUT2D eigenvalue weighted by Crippen LogP contribution is 2.53. The van der Waals surface area contributed by atoms with Crippen LogP contribution >= 0.6 is 0 Å². The van der Waals surface area contributed by atoms with E-state index in [1.165, 1.54) is 0 Å². The Morgan fingerprint density at radius 2 is 2.29 bits per heavy atom. The van der Waals surface area contributed by atoms with Crippen molar-refractivity contribution in [3.8, 4) is 0 Å². The van der Waals surface area contributed by atoms with Crippen molar-refractivity contribution >= 4 is 6.47 Å². The van der Waals surface area contributed by atoms with Gasteiger partial charge in [-0.15, -0.1) is 0 Å². The molecular weight excluding hydrogens is 183 g/mol. The second kappa shape index (κ2) is 3.95. The summed E-state index contributed by atoms with van der Waals surface area (Å²) in [5.41, 5.74) is 0.259. The van der Waals surface area contributed by atoms with E-state index < -0.39 is 5.83 Å². The molecule has 1 atom stereocenters. The molecule has 1 rings (SSSR count). The first kappa shape index (κ1) is 11.0. The number of halogens is 1. The van der Waals surface area contributed by atoms with Crippen molar-refractivity contribution in [2.24, 2.45) is 11.3 Å². The van der Waals surface area contributed by atoms with Gasteiger partial charge in [-0.2, -0.15) is 0 Å². The minimum Gasteiger partial charge on any atom is -0.433 e. The van der Waals surface area contributed by atoms with Gasteiger partial charge in [0.05, 0.1) is 6.42 Å². The van der Waals surface area contributed by atoms with E-state index in [9.17, 15) is 9.18 Å². The highest BCUT2D eigenvalue weighted by Gasteiger charge is 2.44. The van der Waals surface area contributed by atoms with Crippen LogP contribution in [0.25, 0.3) is 0 Å². The van der Waals surface area contributed by atoms with Gasteiger partial charge in [0, 0.05) is 0 Å². The van der Waals surface area contributed by atoms with Crippen LogP contribution in [0.4, 0.5) is 4.39 Å². The number of rotatable bonds is 5. The summed E-state index contributed by atoms with van der Waals surface area (Å²) in [4.78, 5) is 10.1. The molecule has 0 saturated heterocycles. The number of allylic oxidation sites excluding steroid dienone is 2. The quantitative estimate of drug-likeness (QED) is 0.501. The Bertz CT molecular complexity index is 279. The first-order valence-corrected chi connectivity index (χ1v) is 4.60. The third kappa shape index (κ3) is 2.98. The molecule has 0 aromatic rings. The van der Waals surface area contributed by atoms with Gasteiger partial charge in [-0.1, -0.05) is 20.4 Å². The van der Waals surface area contributed by atoms with Gasteiger partial charge in [-0.25, -0.2) is 4.39 Å². The van der Waals surface area contributed by atoms with Crippen molar-refractivity contribution in [2.75, 3.05) is 0 Å². The highest BCUT2D eigenvalue weighted by atomic mass is 19.1. The molecule has 1 aliphatic carbocycles. The largest absolute Gasteiger partial charge is 0.433 e. The van der Waals surface area contributed by atoms with Gasteiger partial charge in [0.2, 0.25) is 0 Å². The molecule has 3 heteroatoms. The smallest absolute Gasteiger partial charge is 0.298 e. The number of ether oxygens (including phenoxy) is 1. The zero-order valence-corrected chi connectivity index (χ0v) is 8.55. The predicted molar refractivity (Wildman–Crippen MR) is 52.0 cm³/mol. The fraction of sp³-hybridized carbons (Fsp3) is 0.545. The first-order chi connectivity index (χ1) is 6.45. The van der Waals surface area contributed by atoms with Gasteiger partial charge < -0.3 is 4.74 Å². The lowest BCUT2D eigenvalue weighted by Gasteiger charge is -2.03. The Labute approximate surface area is 83.4 Å². The zero-order chi connectivity index (χ0) is 10.8. The normalized spacial score (nSPS) is 24.2. The van der Waals surface area contributed by atoms with E-state index in [1.807, 2.05) is 6.08 Å². The summed E-state index contributed by atoms with van der Waals surface area (Å²) in [6.07, 6.45) is 2.86. The average Bonchev–Trinajstić information content (AvgIpc) is 2.57. The van der Waals surface area contributed by atoms with Crippen LogP contribution in [-0.2, 0) is 9.53 Å². The Kier molecular flexibility index (Phi) is 3.09. The second-order valence-corrected chi connectivity index (χ2v) is 4.34. The molecule has 0 aromatic carbocycles. The summed E-state index contributed by atoms with van der Waals surface area (Å²) in [6, 6.07) is 0. The lowest BCUT2D eigenvalue weighted by Crippen LogP contribution is -1.94. The molecule has 14 heavy (non-hydrogen) atoms. The summed E-state index contributed by atoms with van der Waals surface area (Å²) < 4.78 is 17.2. The van der Waals surface area contributed by atoms with E-state index >= 15 is 0 Å². The number of hydrogen-bond acceptors (Lipinski definition) is 2. The number of carbonyl (C=O) groups excluding carboxylic acids is 1. The Morgan fingerprint density at radius 3 is 2.64 bits per heavy atom. The van der Waals surface area contributed by atoms with Crippen LogP contribution in [0, 0.1) is 11.3 Å². The molecule has 2 nitrogen and oxygen atoms in total. The minimum atomic E-state index is -0.489. The van der Waals surface area contributed by atoms with Gasteiger partial charge in [0.25, 0.3) is 6.47 Å². The van der Waals surface area contributed by atoms with Crippen LogP contribution in [0.3, 0.4) is 0 Å². The Hall–Kier alpha value is -1.12. The third-order valence-corrected chi connectivity index (χ3v) is 2.54. The molecule has 1 aliphatic rings. The third-order valence-electron chi connectivity index (χ3n) is 2.54. The van der Waals surface area contributed by atoms with Crippen molar-refractivity contribution in [3.63, 3.8) is 0 Å². The minimum absolute atomic E-state index is 0.00861. The van der Waals surface area contributed by atoms with E-state index in [1.54, 1.807) is 0 Å². The molecule has 0 amide bonds. The van der Waals surface area contributed by atoms with Gasteiger partial charge >= 0.3 is 0 Å². The second-order valence-electron chi connectivity index (χ2n) is 4.34. The number of hydrogen-bond donors (Lipinski definition) is 0. The Morgan fingerprint density at radius 1 is 1.71 bits per heavy atom. The SMILES string of the molecule is C=C(F)CC(=CC1CC1(C)C)OC=O. The molecule has 1 fully saturated rings. The molecule has 0 bridgehead atoms. The van der Waals surface area contributed by atoms with E-state index in [0.717, 1.165) is 6.42 Å². The monoisotopic (exact) mass is 198 g/mol. The molecule has 1 unspecified atom stereocenters. The summed E-state index contributed by atoms with van der Waals surface area (Å²) in [6.45, 7) is 7.71. The lowest BCUT2D eigenvalue weighted by atomic mass is 10.1. The average molecular weight is 198 g/mol. The van der Waals surface area contributed by atoms with Crippen LogP contribution < -0.4 is 0 Å². The maximum atomic E-state index is 12.5. The van der Waals surface area contributed by atoms with Gasteiger partial charge in [0.1, 0.15) is 11.6 Å². The lowest BCUT2D eigenvalue weighted by molar-refractivity contribution is -0.125. The van der Waals surface area contributed by atoms with Crippen LogP contribution in [0.5, 0.6) is 0 Å².